The first-order valence-corrected chi connectivity index (χ1v) is 15.0. The first kappa shape index (κ1) is 30.7. The third kappa shape index (κ3) is 11.4. The maximum atomic E-state index is 8.39. The number of ether oxygens (including phenoxy) is 3. The van der Waals surface area contributed by atoms with E-state index in [2.05, 4.69) is 0 Å². The monoisotopic (exact) mass is 517 g/mol. The molecule has 34 heavy (non-hydrogen) atoms. The van der Waals surface area contributed by atoms with Crippen molar-refractivity contribution in [2.24, 2.45) is 0 Å². The van der Waals surface area contributed by atoms with Crippen LogP contribution in [0.1, 0.15) is 18.4 Å². The Morgan fingerprint density at radius 2 is 1.35 bits per heavy atom. The quantitative estimate of drug-likeness (QED) is 0.132. The lowest BCUT2D eigenvalue weighted by molar-refractivity contribution is 0.100. The summed E-state index contributed by atoms with van der Waals surface area (Å²) in [6.07, 6.45) is 4.68. The molecular formula is C22H39NO9Si2. The van der Waals surface area contributed by atoms with Crippen LogP contribution in [0.3, 0.4) is 0 Å². The maximum Gasteiger partial charge on any atom is 0.500 e. The number of benzene rings is 1. The molecule has 1 atom stereocenters. The lowest BCUT2D eigenvalue weighted by Crippen LogP contribution is -2.42. The van der Waals surface area contributed by atoms with Gasteiger partial charge in [-0.2, -0.15) is 0 Å². The Kier molecular flexibility index (Phi) is 15.4. The molecule has 10 nitrogen and oxygen atoms in total. The van der Waals surface area contributed by atoms with Gasteiger partial charge >= 0.3 is 17.6 Å². The van der Waals surface area contributed by atoms with Crippen molar-refractivity contribution in [1.29, 1.82) is 5.26 Å². The average molecular weight is 518 g/mol. The molecule has 0 aromatic heterocycles. The summed E-state index contributed by atoms with van der Waals surface area (Å²) < 4.78 is 47.1. The summed E-state index contributed by atoms with van der Waals surface area (Å²) in [5.74, 6) is 0.556. The van der Waals surface area contributed by atoms with Crippen molar-refractivity contribution in [3.8, 4) is 12.0 Å². The molecule has 0 aliphatic carbocycles. The van der Waals surface area contributed by atoms with Gasteiger partial charge in [-0.15, -0.1) is 5.26 Å². The third-order valence-corrected chi connectivity index (χ3v) is 11.0. The van der Waals surface area contributed by atoms with Crippen LogP contribution in [0.25, 0.3) is 0 Å². The van der Waals surface area contributed by atoms with Crippen molar-refractivity contribution in [3.63, 3.8) is 0 Å². The summed E-state index contributed by atoms with van der Waals surface area (Å²) in [4.78, 5) is 0. The van der Waals surface area contributed by atoms with Gasteiger partial charge in [-0.05, 0) is 37.0 Å². The zero-order valence-electron chi connectivity index (χ0n) is 21.2. The molecule has 12 heteroatoms. The van der Waals surface area contributed by atoms with E-state index in [4.69, 9.17) is 46.0 Å². The van der Waals surface area contributed by atoms with Gasteiger partial charge in [0.1, 0.15) is 11.9 Å². The highest BCUT2D eigenvalue weighted by Gasteiger charge is 2.37. The van der Waals surface area contributed by atoms with Gasteiger partial charge in [-0.1, -0.05) is 12.1 Å². The summed E-state index contributed by atoms with van der Waals surface area (Å²) in [5, 5.41) is 8.39. The second-order valence-electron chi connectivity index (χ2n) is 7.42. The van der Waals surface area contributed by atoms with E-state index in [1.807, 2.05) is 12.1 Å². The topological polar surface area (TPSA) is 110 Å². The van der Waals surface area contributed by atoms with E-state index >= 15 is 0 Å². The molecule has 1 aromatic carbocycles. The van der Waals surface area contributed by atoms with Crippen LogP contribution in [-0.4, -0.2) is 86.2 Å². The molecule has 1 fully saturated rings. The first-order chi connectivity index (χ1) is 16.5. The Morgan fingerprint density at radius 3 is 1.79 bits per heavy atom. The van der Waals surface area contributed by atoms with Crippen molar-refractivity contribution in [2.45, 2.75) is 37.5 Å². The number of nitrogens with zero attached hydrogens (tertiary/aromatic N) is 1. The smallest absolute Gasteiger partial charge is 0.388 e. The van der Waals surface area contributed by atoms with Crippen molar-refractivity contribution >= 4 is 17.6 Å². The predicted octanol–water partition coefficient (Wildman–Crippen LogP) is 3.03. The molecule has 0 N–H and O–H groups in total. The van der Waals surface area contributed by atoms with E-state index < -0.39 is 17.6 Å². The van der Waals surface area contributed by atoms with Crippen LogP contribution >= 0.6 is 0 Å². The predicted molar refractivity (Wildman–Crippen MR) is 129 cm³/mol. The highest BCUT2D eigenvalue weighted by Crippen LogP contribution is 2.19. The fourth-order valence-electron chi connectivity index (χ4n) is 3.17. The van der Waals surface area contributed by atoms with Gasteiger partial charge in [0.05, 0.1) is 13.2 Å². The van der Waals surface area contributed by atoms with Crippen LogP contribution in [0, 0.1) is 11.5 Å². The molecule has 1 unspecified atom stereocenters. The lowest BCUT2D eigenvalue weighted by Gasteiger charge is -2.24. The molecule has 1 aliphatic heterocycles. The molecule has 0 amide bonds. The first-order valence-electron chi connectivity index (χ1n) is 11.1. The van der Waals surface area contributed by atoms with Crippen molar-refractivity contribution in [3.05, 3.63) is 29.8 Å². The molecule has 1 saturated heterocycles. The van der Waals surface area contributed by atoms with Crippen LogP contribution in [0.2, 0.25) is 12.1 Å². The maximum absolute atomic E-state index is 8.39. The summed E-state index contributed by atoms with van der Waals surface area (Å²) in [6, 6.07) is 9.01. The molecule has 1 aliphatic rings. The Morgan fingerprint density at radius 1 is 0.853 bits per heavy atom. The minimum Gasteiger partial charge on any atom is -0.388 e. The summed E-state index contributed by atoms with van der Waals surface area (Å²) in [6.45, 7) is 2.24. The molecule has 0 radical (unpaired) electrons. The minimum absolute atomic E-state index is 0.333. The highest BCUT2D eigenvalue weighted by molar-refractivity contribution is 6.60. The zero-order chi connectivity index (χ0) is 25.3. The molecule has 1 heterocycles. The second-order valence-corrected chi connectivity index (χ2v) is 13.6. The molecular weight excluding hydrogens is 478 g/mol. The van der Waals surface area contributed by atoms with Crippen LogP contribution < -0.4 is 4.74 Å². The van der Waals surface area contributed by atoms with Crippen LogP contribution in [0.4, 0.5) is 0 Å². The SMILES string of the molecule is CO[Si](CCCOCC1CO1)(OC)OC.CO[Si](CCCc1ccc(OC#N)cc1)(OC)OC. The Bertz CT molecular complexity index is 674. The van der Waals surface area contributed by atoms with E-state index in [-0.39, 0.29) is 0 Å². The number of nitriles is 1. The second kappa shape index (κ2) is 17.1. The van der Waals surface area contributed by atoms with Crippen molar-refractivity contribution in [1.82, 2.24) is 0 Å². The number of hydrogen-bond donors (Lipinski definition) is 0. The van der Waals surface area contributed by atoms with Gasteiger partial charge < -0.3 is 40.8 Å². The third-order valence-electron chi connectivity index (χ3n) is 5.38. The van der Waals surface area contributed by atoms with Crippen LogP contribution in [0.15, 0.2) is 24.3 Å². The van der Waals surface area contributed by atoms with Gasteiger partial charge in [0.25, 0.3) is 6.26 Å². The molecule has 2 rings (SSSR count). The van der Waals surface area contributed by atoms with Gasteiger partial charge in [-0.25, -0.2) is 0 Å². The normalized spacial score (nSPS) is 15.3. The number of rotatable bonds is 17. The minimum atomic E-state index is -2.46. The average Bonchev–Trinajstić information content (AvgIpc) is 3.71. The van der Waals surface area contributed by atoms with Gasteiger partial charge in [0, 0.05) is 61.4 Å². The van der Waals surface area contributed by atoms with E-state index in [0.717, 1.165) is 38.0 Å². The highest BCUT2D eigenvalue weighted by atomic mass is 28.4. The molecule has 1 aromatic rings. The number of epoxide rings is 1. The number of hydrogen-bond acceptors (Lipinski definition) is 10. The summed E-state index contributed by atoms with van der Waals surface area (Å²) >= 11 is 0. The van der Waals surface area contributed by atoms with Crippen LogP contribution in [0.5, 0.6) is 5.75 Å². The molecule has 0 spiro atoms. The Hall–Kier alpha value is -1.38. The van der Waals surface area contributed by atoms with E-state index in [1.54, 1.807) is 61.0 Å². The van der Waals surface area contributed by atoms with Gasteiger partial charge in [0.15, 0.2) is 0 Å². The van der Waals surface area contributed by atoms with Gasteiger partial charge in [-0.3, -0.25) is 0 Å². The standard InChI is InChI=1S/C13H19NO4Si.C9H20O5Si/c1-15-19(16-2,17-3)10-4-5-12-6-8-13(9-7-12)18-11-14;1-10-15(11-2,12-3)6-4-5-13-7-9-8-14-9/h6-9H,4-5,10H2,1-3H3;9H,4-8H2,1-3H3. The Labute approximate surface area is 205 Å². The Balaban J connectivity index is 0.000000350. The number of aryl methyl sites for hydroxylation is 1. The lowest BCUT2D eigenvalue weighted by atomic mass is 10.1. The fraction of sp³-hybridized carbons (Fsp3) is 0.682. The van der Waals surface area contributed by atoms with E-state index in [9.17, 15) is 0 Å². The molecule has 194 valence electrons. The van der Waals surface area contributed by atoms with Gasteiger partial charge in [0.2, 0.25) is 0 Å². The fourth-order valence-corrected chi connectivity index (χ4v) is 6.58. The summed E-state index contributed by atoms with van der Waals surface area (Å²) in [7, 11) is 4.87. The van der Waals surface area contributed by atoms with E-state index in [1.165, 1.54) is 5.56 Å². The summed E-state index contributed by atoms with van der Waals surface area (Å²) in [5.41, 5.74) is 1.18. The largest absolute Gasteiger partial charge is 0.500 e. The molecule has 0 saturated carbocycles. The molecule has 0 bridgehead atoms. The zero-order valence-corrected chi connectivity index (χ0v) is 23.2. The van der Waals surface area contributed by atoms with Crippen molar-refractivity contribution < 1.29 is 40.8 Å². The van der Waals surface area contributed by atoms with Crippen LogP contribution in [-0.2, 0) is 42.5 Å². The van der Waals surface area contributed by atoms with E-state index in [0.29, 0.717) is 25.1 Å². The van der Waals surface area contributed by atoms with Crippen molar-refractivity contribution in [2.75, 3.05) is 62.5 Å².